The maximum Gasteiger partial charge on any atom is 0.248 e. The molecule has 0 radical (unpaired) electrons. The van der Waals surface area contributed by atoms with E-state index >= 15 is 0 Å². The first-order valence-corrected chi connectivity index (χ1v) is 8.44. The van der Waals surface area contributed by atoms with Crippen molar-refractivity contribution in [1.82, 2.24) is 24.5 Å². The Labute approximate surface area is 147 Å². The molecule has 8 heteroatoms. The number of hydrogen-bond acceptors (Lipinski definition) is 6. The first kappa shape index (κ1) is 17.6. The molecule has 0 unspecified atom stereocenters. The summed E-state index contributed by atoms with van der Waals surface area (Å²) < 4.78 is 12.9. The summed E-state index contributed by atoms with van der Waals surface area (Å²) in [6.45, 7) is 7.01. The van der Waals surface area contributed by atoms with Crippen molar-refractivity contribution in [2.75, 3.05) is 27.2 Å². The molecule has 3 rings (SSSR count). The van der Waals surface area contributed by atoms with Gasteiger partial charge in [0.25, 0.3) is 0 Å². The number of carbonyl (C=O) groups excluding carboxylic acids is 1. The molecule has 2 aromatic heterocycles. The standard InChI is InChI=1S/C17H25N5O3/c1-12-7-14(19-25-12)9-21-5-6-22-15(8-18-17(22)13(21)2)10-24-11-16(23)20(3)4/h7-8,13H,5-6,9-11H2,1-4H3/t13-/m1/s1. The van der Waals surface area contributed by atoms with Gasteiger partial charge in [-0.2, -0.15) is 0 Å². The fraction of sp³-hybridized carbons (Fsp3) is 0.588. The lowest BCUT2D eigenvalue weighted by molar-refractivity contribution is -0.134. The van der Waals surface area contributed by atoms with Crippen LogP contribution in [-0.4, -0.2) is 57.7 Å². The Balaban J connectivity index is 1.62. The number of rotatable bonds is 6. The number of amides is 1. The predicted octanol–water partition coefficient (Wildman–Crippen LogP) is 1.36. The highest BCUT2D eigenvalue weighted by Crippen LogP contribution is 2.27. The van der Waals surface area contributed by atoms with E-state index in [-0.39, 0.29) is 18.6 Å². The van der Waals surface area contributed by atoms with Crippen LogP contribution in [0.4, 0.5) is 0 Å². The van der Waals surface area contributed by atoms with Crippen molar-refractivity contribution in [3.05, 3.63) is 35.2 Å². The summed E-state index contributed by atoms with van der Waals surface area (Å²) in [4.78, 5) is 20.0. The fourth-order valence-electron chi connectivity index (χ4n) is 3.01. The van der Waals surface area contributed by atoms with Crippen LogP contribution in [0.15, 0.2) is 16.8 Å². The molecule has 0 aromatic carbocycles. The number of carbonyl (C=O) groups is 1. The summed E-state index contributed by atoms with van der Waals surface area (Å²) in [5.41, 5.74) is 1.94. The Morgan fingerprint density at radius 3 is 2.92 bits per heavy atom. The summed E-state index contributed by atoms with van der Waals surface area (Å²) in [7, 11) is 3.44. The van der Waals surface area contributed by atoms with Gasteiger partial charge in [0.1, 0.15) is 18.2 Å². The zero-order valence-electron chi connectivity index (χ0n) is 15.2. The number of hydrogen-bond donors (Lipinski definition) is 0. The Bertz CT molecular complexity index is 736. The number of ether oxygens (including phenoxy) is 1. The normalized spacial score (nSPS) is 17.5. The number of imidazole rings is 1. The summed E-state index contributed by atoms with van der Waals surface area (Å²) >= 11 is 0. The summed E-state index contributed by atoms with van der Waals surface area (Å²) in [6.07, 6.45) is 1.84. The van der Waals surface area contributed by atoms with Crippen LogP contribution in [0, 0.1) is 6.92 Å². The first-order valence-electron chi connectivity index (χ1n) is 8.44. The molecule has 1 aliphatic rings. The van der Waals surface area contributed by atoms with Gasteiger partial charge < -0.3 is 18.7 Å². The minimum absolute atomic E-state index is 0.0409. The maximum absolute atomic E-state index is 11.6. The van der Waals surface area contributed by atoms with Crippen LogP contribution < -0.4 is 0 Å². The van der Waals surface area contributed by atoms with Crippen molar-refractivity contribution < 1.29 is 14.1 Å². The smallest absolute Gasteiger partial charge is 0.248 e. The van der Waals surface area contributed by atoms with Crippen molar-refractivity contribution >= 4 is 5.91 Å². The second-order valence-corrected chi connectivity index (χ2v) is 6.62. The molecule has 8 nitrogen and oxygen atoms in total. The van der Waals surface area contributed by atoms with Crippen molar-refractivity contribution in [3.8, 4) is 0 Å². The van der Waals surface area contributed by atoms with E-state index in [0.29, 0.717) is 6.61 Å². The van der Waals surface area contributed by atoms with Crippen molar-refractivity contribution in [3.63, 3.8) is 0 Å². The molecule has 0 spiro atoms. The topological polar surface area (TPSA) is 76.6 Å². The van der Waals surface area contributed by atoms with Gasteiger partial charge in [0.15, 0.2) is 0 Å². The van der Waals surface area contributed by atoms with E-state index in [9.17, 15) is 4.79 Å². The molecular formula is C17H25N5O3. The van der Waals surface area contributed by atoms with Crippen LogP contribution in [0.1, 0.15) is 35.9 Å². The van der Waals surface area contributed by atoms with Gasteiger partial charge in [-0.1, -0.05) is 5.16 Å². The lowest BCUT2D eigenvalue weighted by Crippen LogP contribution is -2.37. The maximum atomic E-state index is 11.6. The highest BCUT2D eigenvalue weighted by Gasteiger charge is 2.27. The van der Waals surface area contributed by atoms with Gasteiger partial charge in [-0.05, 0) is 13.8 Å². The molecule has 1 amide bonds. The lowest BCUT2D eigenvalue weighted by Gasteiger charge is -2.33. The molecule has 1 aliphatic heterocycles. The molecule has 0 aliphatic carbocycles. The third-order valence-electron chi connectivity index (χ3n) is 4.52. The molecule has 1 atom stereocenters. The van der Waals surface area contributed by atoms with Crippen molar-refractivity contribution in [2.24, 2.45) is 0 Å². The SMILES string of the molecule is Cc1cc(CN2CCn3c(COCC(=O)N(C)C)cnc3[C@H]2C)no1. The van der Waals surface area contributed by atoms with Crippen LogP contribution >= 0.6 is 0 Å². The monoisotopic (exact) mass is 347 g/mol. The average Bonchev–Trinajstić information content (AvgIpc) is 3.17. The number of fused-ring (bicyclic) bond motifs is 1. The van der Waals surface area contributed by atoms with Gasteiger partial charge in [0.05, 0.1) is 30.2 Å². The number of likely N-dealkylation sites (N-methyl/N-ethyl adjacent to an activating group) is 1. The number of nitrogens with zero attached hydrogens (tertiary/aromatic N) is 5. The van der Waals surface area contributed by atoms with Gasteiger partial charge in [-0.25, -0.2) is 4.98 Å². The average molecular weight is 347 g/mol. The minimum atomic E-state index is -0.0409. The third-order valence-corrected chi connectivity index (χ3v) is 4.52. The lowest BCUT2D eigenvalue weighted by atomic mass is 10.2. The van der Waals surface area contributed by atoms with Gasteiger partial charge in [-0.3, -0.25) is 9.69 Å². The second kappa shape index (κ2) is 7.37. The highest BCUT2D eigenvalue weighted by molar-refractivity contribution is 5.76. The molecule has 2 aromatic rings. The van der Waals surface area contributed by atoms with Gasteiger partial charge in [0.2, 0.25) is 5.91 Å². The van der Waals surface area contributed by atoms with Crippen LogP contribution in [0.5, 0.6) is 0 Å². The molecule has 3 heterocycles. The van der Waals surface area contributed by atoms with Gasteiger partial charge >= 0.3 is 0 Å². The zero-order chi connectivity index (χ0) is 18.0. The largest absolute Gasteiger partial charge is 0.365 e. The van der Waals surface area contributed by atoms with E-state index in [4.69, 9.17) is 9.26 Å². The molecule has 0 saturated carbocycles. The summed E-state index contributed by atoms with van der Waals surface area (Å²) in [5.74, 6) is 1.80. The Kier molecular flexibility index (Phi) is 5.19. The Hall–Kier alpha value is -2.19. The highest BCUT2D eigenvalue weighted by atomic mass is 16.5. The van der Waals surface area contributed by atoms with Gasteiger partial charge in [0, 0.05) is 39.8 Å². The van der Waals surface area contributed by atoms with E-state index in [1.807, 2.05) is 19.2 Å². The van der Waals surface area contributed by atoms with Crippen molar-refractivity contribution in [1.29, 1.82) is 0 Å². The number of aromatic nitrogens is 3. The van der Waals surface area contributed by atoms with Crippen LogP contribution in [0.25, 0.3) is 0 Å². The number of aryl methyl sites for hydroxylation is 1. The molecule has 136 valence electrons. The molecule has 0 saturated heterocycles. The van der Waals surface area contributed by atoms with E-state index in [2.05, 4.69) is 26.5 Å². The molecular weight excluding hydrogens is 322 g/mol. The van der Waals surface area contributed by atoms with E-state index in [0.717, 1.165) is 42.6 Å². The summed E-state index contributed by atoms with van der Waals surface area (Å²) in [6, 6.07) is 2.15. The minimum Gasteiger partial charge on any atom is -0.365 e. The van der Waals surface area contributed by atoms with E-state index in [1.54, 1.807) is 14.1 Å². The Morgan fingerprint density at radius 2 is 2.24 bits per heavy atom. The van der Waals surface area contributed by atoms with Gasteiger partial charge in [-0.15, -0.1) is 0 Å². The first-order chi connectivity index (χ1) is 12.0. The van der Waals surface area contributed by atoms with Crippen LogP contribution in [-0.2, 0) is 29.2 Å². The summed E-state index contributed by atoms with van der Waals surface area (Å²) in [5, 5.41) is 4.08. The van der Waals surface area contributed by atoms with Crippen LogP contribution in [0.3, 0.4) is 0 Å². The fourth-order valence-corrected chi connectivity index (χ4v) is 3.01. The van der Waals surface area contributed by atoms with Crippen LogP contribution in [0.2, 0.25) is 0 Å². The molecule has 0 bridgehead atoms. The van der Waals surface area contributed by atoms with Crippen molar-refractivity contribution in [2.45, 2.75) is 39.6 Å². The van der Waals surface area contributed by atoms with E-state index < -0.39 is 0 Å². The third kappa shape index (κ3) is 3.91. The Morgan fingerprint density at radius 1 is 1.44 bits per heavy atom. The van der Waals surface area contributed by atoms with E-state index in [1.165, 1.54) is 4.90 Å². The quantitative estimate of drug-likeness (QED) is 0.785. The molecule has 0 fully saturated rings. The molecule has 25 heavy (non-hydrogen) atoms. The predicted molar refractivity (Wildman–Crippen MR) is 90.6 cm³/mol. The molecule has 0 N–H and O–H groups in total. The zero-order valence-corrected chi connectivity index (χ0v) is 15.2. The second-order valence-electron chi connectivity index (χ2n) is 6.62.